The fourth-order valence-corrected chi connectivity index (χ4v) is 2.92. The Bertz CT molecular complexity index is 1080. The first-order valence-electron chi connectivity index (χ1n) is 9.32. The van der Waals surface area contributed by atoms with Gasteiger partial charge in [-0.2, -0.15) is 4.98 Å². The lowest BCUT2D eigenvalue weighted by molar-refractivity contribution is 0.0938. The first kappa shape index (κ1) is 20.6. The highest BCUT2D eigenvalue weighted by atomic mass is 16.5. The molecular formula is C19H25N5O5. The number of aliphatic hydroxyl groups is 2. The number of hydrogen-bond acceptors (Lipinski definition) is 7. The number of aliphatic hydroxyl groups excluding tert-OH is 2. The summed E-state index contributed by atoms with van der Waals surface area (Å²) in [6.07, 6.45) is -0.443. The highest BCUT2D eigenvalue weighted by Gasteiger charge is 2.19. The van der Waals surface area contributed by atoms with E-state index in [-0.39, 0.29) is 30.9 Å². The highest BCUT2D eigenvalue weighted by molar-refractivity contribution is 5.74. The van der Waals surface area contributed by atoms with Gasteiger partial charge in [0, 0.05) is 20.2 Å². The third kappa shape index (κ3) is 4.66. The van der Waals surface area contributed by atoms with Gasteiger partial charge >= 0.3 is 5.69 Å². The summed E-state index contributed by atoms with van der Waals surface area (Å²) in [6, 6.07) is 7.46. The summed E-state index contributed by atoms with van der Waals surface area (Å²) >= 11 is 0. The van der Waals surface area contributed by atoms with Gasteiger partial charge in [0.25, 0.3) is 5.56 Å². The molecule has 0 aliphatic rings. The summed E-state index contributed by atoms with van der Waals surface area (Å²) in [7, 11) is 1.51. The second-order valence-corrected chi connectivity index (χ2v) is 6.82. The Morgan fingerprint density at radius 3 is 2.69 bits per heavy atom. The molecule has 29 heavy (non-hydrogen) atoms. The molecular weight excluding hydrogens is 378 g/mol. The first-order chi connectivity index (χ1) is 13.9. The summed E-state index contributed by atoms with van der Waals surface area (Å²) in [5, 5.41) is 22.5. The maximum Gasteiger partial charge on any atom is 0.329 e. The van der Waals surface area contributed by atoms with Crippen LogP contribution in [0.25, 0.3) is 11.2 Å². The van der Waals surface area contributed by atoms with E-state index in [4.69, 9.17) is 9.84 Å². The van der Waals surface area contributed by atoms with Crippen molar-refractivity contribution in [3.05, 3.63) is 50.7 Å². The van der Waals surface area contributed by atoms with Crippen LogP contribution < -0.4 is 21.3 Å². The molecule has 2 aromatic heterocycles. The molecule has 3 aromatic rings. The lowest BCUT2D eigenvalue weighted by Gasteiger charge is -2.16. The number of aromatic amines is 1. The van der Waals surface area contributed by atoms with Gasteiger partial charge in [0.1, 0.15) is 18.5 Å². The number of aryl methyl sites for hydroxylation is 2. The van der Waals surface area contributed by atoms with Crippen LogP contribution in [-0.4, -0.2) is 55.2 Å². The summed E-state index contributed by atoms with van der Waals surface area (Å²) in [5.74, 6) is 0.959. The smallest absolute Gasteiger partial charge is 0.329 e. The Labute approximate surface area is 166 Å². The molecule has 0 bridgehead atoms. The number of rotatable bonds is 9. The molecule has 10 heteroatoms. The standard InChI is InChI=1S/C19H25N5O5/c1-12-4-6-14(7-5-12)29-11-13(26)10-24-15-16(21-18(24)20-8-3-9-25)23(2)19(28)22-17(15)27/h4-7,13,25-26H,3,8-11H2,1-2H3,(H,20,21)(H,22,27,28)/t13-/m0/s1. The van der Waals surface area contributed by atoms with Crippen molar-refractivity contribution < 1.29 is 14.9 Å². The van der Waals surface area contributed by atoms with Crippen LogP contribution in [0.5, 0.6) is 5.75 Å². The van der Waals surface area contributed by atoms with Crippen molar-refractivity contribution in [2.45, 2.75) is 26.0 Å². The van der Waals surface area contributed by atoms with Gasteiger partial charge in [0.05, 0.1) is 6.54 Å². The van der Waals surface area contributed by atoms with E-state index in [9.17, 15) is 14.7 Å². The van der Waals surface area contributed by atoms with E-state index >= 15 is 0 Å². The quantitative estimate of drug-likeness (QED) is 0.369. The zero-order chi connectivity index (χ0) is 21.0. The lowest BCUT2D eigenvalue weighted by Crippen LogP contribution is -2.31. The monoisotopic (exact) mass is 403 g/mol. The molecule has 0 saturated heterocycles. The average molecular weight is 403 g/mol. The van der Waals surface area contributed by atoms with Gasteiger partial charge in [-0.25, -0.2) is 4.79 Å². The van der Waals surface area contributed by atoms with Crippen molar-refractivity contribution in [3.8, 4) is 5.75 Å². The van der Waals surface area contributed by atoms with E-state index < -0.39 is 17.4 Å². The Morgan fingerprint density at radius 2 is 2.00 bits per heavy atom. The number of anilines is 1. The number of imidazole rings is 1. The molecule has 0 aliphatic carbocycles. The van der Waals surface area contributed by atoms with Crippen LogP contribution >= 0.6 is 0 Å². The van der Waals surface area contributed by atoms with Crippen molar-refractivity contribution in [2.75, 3.05) is 25.1 Å². The predicted octanol–water partition coefficient (Wildman–Crippen LogP) is -0.0341. The van der Waals surface area contributed by atoms with Crippen LogP contribution in [0, 0.1) is 6.92 Å². The van der Waals surface area contributed by atoms with Gasteiger partial charge in [-0.3, -0.25) is 14.3 Å². The largest absolute Gasteiger partial charge is 0.491 e. The van der Waals surface area contributed by atoms with Gasteiger partial charge in [-0.05, 0) is 25.5 Å². The zero-order valence-corrected chi connectivity index (χ0v) is 16.4. The van der Waals surface area contributed by atoms with Crippen LogP contribution in [-0.2, 0) is 13.6 Å². The number of ether oxygens (including phenoxy) is 1. The fourth-order valence-electron chi connectivity index (χ4n) is 2.92. The third-order valence-electron chi connectivity index (χ3n) is 4.48. The summed E-state index contributed by atoms with van der Waals surface area (Å²) < 4.78 is 8.37. The molecule has 0 radical (unpaired) electrons. The van der Waals surface area contributed by atoms with Crippen molar-refractivity contribution >= 4 is 17.1 Å². The minimum atomic E-state index is -0.927. The number of benzene rings is 1. The minimum Gasteiger partial charge on any atom is -0.491 e. The molecule has 4 N–H and O–H groups in total. The van der Waals surface area contributed by atoms with E-state index in [0.29, 0.717) is 24.7 Å². The van der Waals surface area contributed by atoms with Crippen molar-refractivity contribution in [1.82, 2.24) is 19.1 Å². The molecule has 2 heterocycles. The summed E-state index contributed by atoms with van der Waals surface area (Å²) in [5.41, 5.74) is 0.325. The Balaban J connectivity index is 1.86. The van der Waals surface area contributed by atoms with Crippen LogP contribution in [0.2, 0.25) is 0 Å². The van der Waals surface area contributed by atoms with E-state index in [1.807, 2.05) is 31.2 Å². The molecule has 0 saturated carbocycles. The second-order valence-electron chi connectivity index (χ2n) is 6.82. The van der Waals surface area contributed by atoms with Gasteiger partial charge in [0.15, 0.2) is 11.2 Å². The van der Waals surface area contributed by atoms with Crippen molar-refractivity contribution in [2.24, 2.45) is 7.05 Å². The molecule has 0 unspecified atom stereocenters. The van der Waals surface area contributed by atoms with Crippen LogP contribution in [0.1, 0.15) is 12.0 Å². The lowest BCUT2D eigenvalue weighted by atomic mass is 10.2. The number of H-pyrrole nitrogens is 1. The average Bonchev–Trinajstić information content (AvgIpc) is 3.05. The first-order valence-corrected chi connectivity index (χ1v) is 9.32. The molecule has 0 aliphatic heterocycles. The SMILES string of the molecule is Cc1ccc(OC[C@@H](O)Cn2c(NCCCO)nc3c2c(=O)[nH]c(=O)n3C)cc1. The maximum atomic E-state index is 12.4. The zero-order valence-electron chi connectivity index (χ0n) is 16.4. The topological polar surface area (TPSA) is 134 Å². The van der Waals surface area contributed by atoms with Gasteiger partial charge < -0.3 is 24.8 Å². The predicted molar refractivity (Wildman–Crippen MR) is 108 cm³/mol. The van der Waals surface area contributed by atoms with E-state index in [2.05, 4.69) is 15.3 Å². The van der Waals surface area contributed by atoms with Crippen molar-refractivity contribution in [1.29, 1.82) is 0 Å². The Kier molecular flexibility index (Phi) is 6.35. The number of hydrogen-bond donors (Lipinski definition) is 4. The molecule has 0 amide bonds. The fraction of sp³-hybridized carbons (Fsp3) is 0.421. The number of fused-ring (bicyclic) bond motifs is 1. The summed E-state index contributed by atoms with van der Waals surface area (Å²) in [6.45, 7) is 2.44. The second kappa shape index (κ2) is 8.93. The van der Waals surface area contributed by atoms with E-state index in [1.165, 1.54) is 16.2 Å². The molecule has 0 fully saturated rings. The molecule has 3 rings (SSSR count). The van der Waals surface area contributed by atoms with Crippen molar-refractivity contribution in [3.63, 3.8) is 0 Å². The van der Waals surface area contributed by atoms with Gasteiger partial charge in [0.2, 0.25) is 5.95 Å². The van der Waals surface area contributed by atoms with E-state index in [1.54, 1.807) is 0 Å². The molecule has 156 valence electrons. The van der Waals surface area contributed by atoms with Crippen LogP contribution in [0.15, 0.2) is 33.9 Å². The normalized spacial score (nSPS) is 12.3. The van der Waals surface area contributed by atoms with Crippen LogP contribution in [0.4, 0.5) is 5.95 Å². The summed E-state index contributed by atoms with van der Waals surface area (Å²) in [4.78, 5) is 30.9. The van der Waals surface area contributed by atoms with Crippen LogP contribution in [0.3, 0.4) is 0 Å². The highest BCUT2D eigenvalue weighted by Crippen LogP contribution is 2.17. The molecule has 10 nitrogen and oxygen atoms in total. The maximum absolute atomic E-state index is 12.4. The number of aromatic nitrogens is 4. The van der Waals surface area contributed by atoms with Gasteiger partial charge in [-0.15, -0.1) is 0 Å². The van der Waals surface area contributed by atoms with Gasteiger partial charge in [-0.1, -0.05) is 17.7 Å². The molecule has 0 spiro atoms. The minimum absolute atomic E-state index is 0.000682. The Morgan fingerprint density at radius 1 is 1.28 bits per heavy atom. The molecule has 1 atom stereocenters. The van der Waals surface area contributed by atoms with E-state index in [0.717, 1.165) is 5.56 Å². The third-order valence-corrected chi connectivity index (χ3v) is 4.48. The number of nitrogens with one attached hydrogen (secondary N) is 2. The molecule has 1 aromatic carbocycles. The number of nitrogens with zero attached hydrogens (tertiary/aromatic N) is 3. The Hall–Kier alpha value is -3.11.